The second-order valence-electron chi connectivity index (χ2n) is 6.38. The number of hydrogen-bond donors (Lipinski definition) is 1. The van der Waals surface area contributed by atoms with Gasteiger partial charge in [-0.25, -0.2) is 4.98 Å². The zero-order valence-electron chi connectivity index (χ0n) is 14.8. The van der Waals surface area contributed by atoms with Crippen LogP contribution in [0.25, 0.3) is 11.0 Å². The van der Waals surface area contributed by atoms with E-state index in [4.69, 9.17) is 4.74 Å². The van der Waals surface area contributed by atoms with E-state index in [9.17, 15) is 4.79 Å². The highest BCUT2D eigenvalue weighted by Crippen LogP contribution is 2.20. The van der Waals surface area contributed by atoms with Crippen molar-refractivity contribution in [3.8, 4) is 5.75 Å². The number of nitrogens with one attached hydrogen (secondary N) is 1. The smallest absolute Gasteiger partial charge is 0.240 e. The molecule has 1 amide bonds. The zero-order chi connectivity index (χ0) is 17.8. The summed E-state index contributed by atoms with van der Waals surface area (Å²) in [5, 5.41) is 2.93. The Hall–Kier alpha value is -2.82. The first-order valence-electron chi connectivity index (χ1n) is 8.46. The van der Waals surface area contributed by atoms with E-state index >= 15 is 0 Å². The summed E-state index contributed by atoms with van der Waals surface area (Å²) >= 11 is 0. The fraction of sp³-hybridized carbons (Fsp3) is 0.300. The number of benzene rings is 2. The highest BCUT2D eigenvalue weighted by atomic mass is 16.5. The number of rotatable bonds is 6. The van der Waals surface area contributed by atoms with Gasteiger partial charge in [-0.3, -0.25) is 4.79 Å². The van der Waals surface area contributed by atoms with Gasteiger partial charge in [-0.05, 0) is 44.5 Å². The molecule has 0 radical (unpaired) electrons. The molecule has 0 bridgehead atoms. The number of imidazole rings is 1. The lowest BCUT2D eigenvalue weighted by atomic mass is 10.2. The van der Waals surface area contributed by atoms with Crippen molar-refractivity contribution in [1.82, 2.24) is 14.9 Å². The van der Waals surface area contributed by atoms with Crippen molar-refractivity contribution in [3.05, 3.63) is 59.9 Å². The summed E-state index contributed by atoms with van der Waals surface area (Å²) in [5.41, 5.74) is 2.87. The third-order valence-electron chi connectivity index (χ3n) is 3.94. The molecule has 130 valence electrons. The summed E-state index contributed by atoms with van der Waals surface area (Å²) in [7, 11) is 0. The van der Waals surface area contributed by atoms with Crippen molar-refractivity contribution in [2.75, 3.05) is 0 Å². The standard InChI is InChI=1S/C20H23N3O2/c1-14(2)21-20(24)12-23-17-10-6-5-9-16(17)22-19(23)13-25-18-11-7-4-8-15(18)3/h4-11,14H,12-13H2,1-3H3,(H,21,24). The van der Waals surface area contributed by atoms with Crippen molar-refractivity contribution in [2.24, 2.45) is 0 Å². The van der Waals surface area contributed by atoms with Gasteiger partial charge in [0.1, 0.15) is 24.7 Å². The van der Waals surface area contributed by atoms with Gasteiger partial charge in [-0.15, -0.1) is 0 Å². The molecule has 3 rings (SSSR count). The first kappa shape index (κ1) is 17.0. The predicted molar refractivity (Wildman–Crippen MR) is 98.5 cm³/mol. The normalized spacial score (nSPS) is 11.0. The number of aromatic nitrogens is 2. The molecule has 0 aliphatic heterocycles. The first-order chi connectivity index (χ1) is 12.0. The molecular formula is C20H23N3O2. The summed E-state index contributed by atoms with van der Waals surface area (Å²) < 4.78 is 7.86. The van der Waals surface area contributed by atoms with Crippen molar-refractivity contribution >= 4 is 16.9 Å². The number of hydrogen-bond acceptors (Lipinski definition) is 3. The number of fused-ring (bicyclic) bond motifs is 1. The van der Waals surface area contributed by atoms with Gasteiger partial charge < -0.3 is 14.6 Å². The second-order valence-corrected chi connectivity index (χ2v) is 6.38. The molecule has 0 saturated heterocycles. The van der Waals surface area contributed by atoms with Gasteiger partial charge in [0.2, 0.25) is 5.91 Å². The maximum atomic E-state index is 12.2. The summed E-state index contributed by atoms with van der Waals surface area (Å²) in [5.74, 6) is 1.53. The fourth-order valence-electron chi connectivity index (χ4n) is 2.78. The molecule has 0 fully saturated rings. The summed E-state index contributed by atoms with van der Waals surface area (Å²) in [6.45, 7) is 6.45. The van der Waals surface area contributed by atoms with Crippen molar-refractivity contribution in [2.45, 2.75) is 40.0 Å². The summed E-state index contributed by atoms with van der Waals surface area (Å²) in [6.07, 6.45) is 0. The topological polar surface area (TPSA) is 56.2 Å². The number of carbonyl (C=O) groups excluding carboxylic acids is 1. The minimum atomic E-state index is -0.0321. The van der Waals surface area contributed by atoms with Crippen LogP contribution in [0.4, 0.5) is 0 Å². The Bertz CT molecular complexity index is 884. The van der Waals surface area contributed by atoms with Crippen LogP contribution in [0.5, 0.6) is 5.75 Å². The lowest BCUT2D eigenvalue weighted by Crippen LogP contribution is -2.33. The number of aryl methyl sites for hydroxylation is 1. The Morgan fingerprint density at radius 1 is 1.16 bits per heavy atom. The monoisotopic (exact) mass is 337 g/mol. The Balaban J connectivity index is 1.87. The van der Waals surface area contributed by atoms with Crippen LogP contribution in [0.1, 0.15) is 25.2 Å². The van der Waals surface area contributed by atoms with Crippen molar-refractivity contribution < 1.29 is 9.53 Å². The van der Waals surface area contributed by atoms with Crippen LogP contribution in [0, 0.1) is 6.92 Å². The molecular weight excluding hydrogens is 314 g/mol. The quantitative estimate of drug-likeness (QED) is 0.749. The highest BCUT2D eigenvalue weighted by molar-refractivity contribution is 5.81. The average Bonchev–Trinajstić information content (AvgIpc) is 2.91. The van der Waals surface area contributed by atoms with Gasteiger partial charge in [0.05, 0.1) is 11.0 Å². The molecule has 1 heterocycles. The van der Waals surface area contributed by atoms with E-state index in [1.807, 2.05) is 73.9 Å². The lowest BCUT2D eigenvalue weighted by Gasteiger charge is -2.13. The molecule has 2 aromatic carbocycles. The van der Waals surface area contributed by atoms with Crippen LogP contribution in [-0.4, -0.2) is 21.5 Å². The van der Waals surface area contributed by atoms with Gasteiger partial charge in [0, 0.05) is 6.04 Å². The molecule has 0 aliphatic rings. The van der Waals surface area contributed by atoms with Gasteiger partial charge in [0.15, 0.2) is 0 Å². The SMILES string of the molecule is Cc1ccccc1OCc1nc2ccccc2n1CC(=O)NC(C)C. The number of amides is 1. The van der Waals surface area contributed by atoms with Gasteiger partial charge in [-0.2, -0.15) is 0 Å². The maximum Gasteiger partial charge on any atom is 0.240 e. The molecule has 1 N–H and O–H groups in total. The van der Waals surface area contributed by atoms with E-state index in [0.29, 0.717) is 6.61 Å². The molecule has 0 spiro atoms. The predicted octanol–water partition coefficient (Wildman–Crippen LogP) is 3.45. The molecule has 25 heavy (non-hydrogen) atoms. The molecule has 0 unspecified atom stereocenters. The number of carbonyl (C=O) groups is 1. The second kappa shape index (κ2) is 7.38. The Labute approximate surface area is 147 Å². The highest BCUT2D eigenvalue weighted by Gasteiger charge is 2.15. The van der Waals surface area contributed by atoms with Crippen LogP contribution in [0.2, 0.25) is 0 Å². The maximum absolute atomic E-state index is 12.2. The van der Waals surface area contributed by atoms with E-state index in [2.05, 4.69) is 10.3 Å². The minimum absolute atomic E-state index is 0.0321. The van der Waals surface area contributed by atoms with E-state index in [0.717, 1.165) is 28.2 Å². The van der Waals surface area contributed by atoms with Crippen molar-refractivity contribution in [3.63, 3.8) is 0 Å². The van der Waals surface area contributed by atoms with E-state index in [1.165, 1.54) is 0 Å². The summed E-state index contributed by atoms with van der Waals surface area (Å²) in [4.78, 5) is 16.9. The van der Waals surface area contributed by atoms with Crippen molar-refractivity contribution in [1.29, 1.82) is 0 Å². The van der Waals surface area contributed by atoms with Gasteiger partial charge >= 0.3 is 0 Å². The molecule has 3 aromatic rings. The largest absolute Gasteiger partial charge is 0.485 e. The van der Waals surface area contributed by atoms with Crippen LogP contribution in [0.3, 0.4) is 0 Å². The zero-order valence-corrected chi connectivity index (χ0v) is 14.8. The summed E-state index contributed by atoms with van der Waals surface area (Å²) in [6, 6.07) is 15.8. The lowest BCUT2D eigenvalue weighted by molar-refractivity contribution is -0.122. The van der Waals surface area contributed by atoms with E-state index in [1.54, 1.807) is 0 Å². The van der Waals surface area contributed by atoms with Crippen LogP contribution >= 0.6 is 0 Å². The Morgan fingerprint density at radius 3 is 2.64 bits per heavy atom. The number of nitrogens with zero attached hydrogens (tertiary/aromatic N) is 2. The molecule has 0 saturated carbocycles. The molecule has 5 nitrogen and oxygen atoms in total. The van der Waals surface area contributed by atoms with E-state index in [-0.39, 0.29) is 18.5 Å². The fourth-order valence-corrected chi connectivity index (χ4v) is 2.78. The van der Waals surface area contributed by atoms with Gasteiger partial charge in [0.25, 0.3) is 0 Å². The third-order valence-corrected chi connectivity index (χ3v) is 3.94. The Kier molecular flexibility index (Phi) is 5.03. The Morgan fingerprint density at radius 2 is 1.88 bits per heavy atom. The van der Waals surface area contributed by atoms with Crippen LogP contribution in [0.15, 0.2) is 48.5 Å². The van der Waals surface area contributed by atoms with Crippen LogP contribution in [-0.2, 0) is 17.9 Å². The third kappa shape index (κ3) is 3.99. The van der Waals surface area contributed by atoms with Crippen LogP contribution < -0.4 is 10.1 Å². The van der Waals surface area contributed by atoms with E-state index < -0.39 is 0 Å². The molecule has 5 heteroatoms. The molecule has 0 atom stereocenters. The molecule has 1 aromatic heterocycles. The van der Waals surface area contributed by atoms with Gasteiger partial charge in [-0.1, -0.05) is 30.3 Å². The average molecular weight is 337 g/mol. The molecule has 0 aliphatic carbocycles. The minimum Gasteiger partial charge on any atom is -0.485 e. The number of para-hydroxylation sites is 3. The first-order valence-corrected chi connectivity index (χ1v) is 8.46. The number of ether oxygens (including phenoxy) is 1.